The lowest BCUT2D eigenvalue weighted by Crippen LogP contribution is -2.30. The van der Waals surface area contributed by atoms with Gasteiger partial charge in [0.15, 0.2) is 6.10 Å². The number of allylic oxidation sites excluding steroid dienone is 4. The Bertz CT molecular complexity index is 851. The molecule has 5 nitrogen and oxygen atoms in total. The second kappa shape index (κ2) is 47.8. The molecule has 0 spiro atoms. The van der Waals surface area contributed by atoms with Gasteiger partial charge in [0.2, 0.25) is 0 Å². The van der Waals surface area contributed by atoms with Crippen molar-refractivity contribution in [3.8, 4) is 0 Å². The number of esters is 2. The van der Waals surface area contributed by atoms with E-state index >= 15 is 0 Å². The lowest BCUT2D eigenvalue weighted by molar-refractivity contribution is -0.163. The summed E-state index contributed by atoms with van der Waals surface area (Å²) in [5.41, 5.74) is 0. The molecule has 1 unspecified atom stereocenters. The summed E-state index contributed by atoms with van der Waals surface area (Å²) in [5.74, 6) is -0.405. The molecular weight excluding hydrogens is 693 g/mol. The summed E-state index contributed by atoms with van der Waals surface area (Å²) in [5, 5.41) is 0. The van der Waals surface area contributed by atoms with Crippen molar-refractivity contribution in [2.75, 3.05) is 19.8 Å². The van der Waals surface area contributed by atoms with Crippen molar-refractivity contribution in [3.63, 3.8) is 0 Å². The van der Waals surface area contributed by atoms with Gasteiger partial charge in [-0.3, -0.25) is 9.59 Å². The Hall–Kier alpha value is -1.62. The van der Waals surface area contributed by atoms with Gasteiger partial charge in [-0.05, 0) is 70.6 Å². The molecule has 5 heteroatoms. The smallest absolute Gasteiger partial charge is 0.306 e. The Kier molecular flexibility index (Phi) is 46.4. The van der Waals surface area contributed by atoms with Crippen LogP contribution in [0.1, 0.15) is 265 Å². The van der Waals surface area contributed by atoms with Crippen LogP contribution < -0.4 is 0 Å². The third kappa shape index (κ3) is 45.1. The zero-order valence-corrected chi connectivity index (χ0v) is 37.9. The summed E-state index contributed by atoms with van der Waals surface area (Å²) in [6.45, 7) is 7.77. The van der Waals surface area contributed by atoms with Crippen LogP contribution in [-0.2, 0) is 23.8 Å². The molecule has 0 aromatic rings. The molecule has 0 fully saturated rings. The van der Waals surface area contributed by atoms with Crippen LogP contribution >= 0.6 is 0 Å². The molecule has 330 valence electrons. The molecule has 0 bridgehead atoms. The van der Waals surface area contributed by atoms with Gasteiger partial charge in [-0.1, -0.05) is 206 Å². The van der Waals surface area contributed by atoms with Gasteiger partial charge in [0.1, 0.15) is 6.61 Å². The topological polar surface area (TPSA) is 61.8 Å². The largest absolute Gasteiger partial charge is 0.462 e. The molecule has 56 heavy (non-hydrogen) atoms. The molecule has 1 atom stereocenters. The molecule has 0 aliphatic heterocycles. The highest BCUT2D eigenvalue weighted by molar-refractivity contribution is 5.70. The molecule has 0 saturated heterocycles. The first-order valence-electron chi connectivity index (χ1n) is 24.9. The van der Waals surface area contributed by atoms with E-state index in [2.05, 4.69) is 45.1 Å². The van der Waals surface area contributed by atoms with Crippen molar-refractivity contribution in [3.05, 3.63) is 24.3 Å². The number of carbonyl (C=O) groups is 2. The van der Waals surface area contributed by atoms with Crippen LogP contribution in [0.25, 0.3) is 0 Å². The number of hydrogen-bond acceptors (Lipinski definition) is 5. The van der Waals surface area contributed by atoms with Gasteiger partial charge in [0.05, 0.1) is 6.61 Å². The molecule has 0 aromatic heterocycles. The predicted octanol–water partition coefficient (Wildman–Crippen LogP) is 16.5. The van der Waals surface area contributed by atoms with Crippen molar-refractivity contribution in [2.45, 2.75) is 271 Å². The van der Waals surface area contributed by atoms with E-state index in [0.29, 0.717) is 19.4 Å². The minimum atomic E-state index is -0.530. The molecular formula is C51H96O5. The number of carbonyl (C=O) groups excluding carboxylic acids is 2. The van der Waals surface area contributed by atoms with Crippen LogP contribution in [-0.4, -0.2) is 37.9 Å². The number of hydrogen-bond donors (Lipinski definition) is 0. The van der Waals surface area contributed by atoms with Gasteiger partial charge in [-0.2, -0.15) is 0 Å². The van der Waals surface area contributed by atoms with E-state index in [1.807, 2.05) is 0 Å². The molecule has 0 rings (SSSR count). The predicted molar refractivity (Wildman–Crippen MR) is 242 cm³/mol. The summed E-state index contributed by atoms with van der Waals surface area (Å²) >= 11 is 0. The second-order valence-corrected chi connectivity index (χ2v) is 16.7. The maximum absolute atomic E-state index is 12.6. The Morgan fingerprint density at radius 3 is 1.09 bits per heavy atom. The monoisotopic (exact) mass is 789 g/mol. The number of ether oxygens (including phenoxy) is 3. The molecule has 0 aliphatic carbocycles. The van der Waals surface area contributed by atoms with Gasteiger partial charge in [0, 0.05) is 19.4 Å². The molecule has 0 N–H and O–H groups in total. The fourth-order valence-corrected chi connectivity index (χ4v) is 7.21. The lowest BCUT2D eigenvalue weighted by atomic mass is 10.1. The molecule has 0 saturated carbocycles. The lowest BCUT2D eigenvalue weighted by Gasteiger charge is -2.18. The van der Waals surface area contributed by atoms with Gasteiger partial charge in [0.25, 0.3) is 0 Å². The third-order valence-electron chi connectivity index (χ3n) is 11.0. The first-order chi connectivity index (χ1) is 27.6. The molecule has 0 radical (unpaired) electrons. The summed E-state index contributed by atoms with van der Waals surface area (Å²) < 4.78 is 17.3. The van der Waals surface area contributed by atoms with Crippen LogP contribution in [0.3, 0.4) is 0 Å². The van der Waals surface area contributed by atoms with Crippen LogP contribution in [0.15, 0.2) is 24.3 Å². The minimum absolute atomic E-state index is 0.0860. The van der Waals surface area contributed by atoms with Crippen LogP contribution in [0, 0.1) is 0 Å². The minimum Gasteiger partial charge on any atom is -0.462 e. The van der Waals surface area contributed by atoms with E-state index in [0.717, 1.165) is 44.9 Å². The average Bonchev–Trinajstić information content (AvgIpc) is 3.20. The Labute approximate surface area is 349 Å². The summed E-state index contributed by atoms with van der Waals surface area (Å²) in [4.78, 5) is 25.1. The zero-order chi connectivity index (χ0) is 40.7. The number of unbranched alkanes of at least 4 members (excludes halogenated alkanes) is 31. The molecule has 0 heterocycles. The van der Waals surface area contributed by atoms with Crippen molar-refractivity contribution >= 4 is 11.9 Å². The normalized spacial score (nSPS) is 12.3. The maximum atomic E-state index is 12.6. The Morgan fingerprint density at radius 1 is 0.375 bits per heavy atom. The summed E-state index contributed by atoms with van der Waals surface area (Å²) in [6.07, 6.45) is 55.0. The Morgan fingerprint density at radius 2 is 0.696 bits per heavy atom. The second-order valence-electron chi connectivity index (χ2n) is 16.7. The first-order valence-corrected chi connectivity index (χ1v) is 24.9. The van der Waals surface area contributed by atoms with E-state index in [1.165, 1.54) is 186 Å². The van der Waals surface area contributed by atoms with Crippen LogP contribution in [0.5, 0.6) is 0 Å². The van der Waals surface area contributed by atoms with Crippen LogP contribution in [0.4, 0.5) is 0 Å². The van der Waals surface area contributed by atoms with Crippen molar-refractivity contribution < 1.29 is 23.8 Å². The van der Waals surface area contributed by atoms with Crippen molar-refractivity contribution in [1.82, 2.24) is 0 Å². The van der Waals surface area contributed by atoms with E-state index < -0.39 is 6.10 Å². The zero-order valence-electron chi connectivity index (χ0n) is 37.9. The molecule has 0 amide bonds. The van der Waals surface area contributed by atoms with E-state index in [1.54, 1.807) is 0 Å². The maximum Gasteiger partial charge on any atom is 0.306 e. The Balaban J connectivity index is 4.00. The van der Waals surface area contributed by atoms with E-state index in [-0.39, 0.29) is 25.2 Å². The highest BCUT2D eigenvalue weighted by atomic mass is 16.6. The van der Waals surface area contributed by atoms with Crippen LogP contribution in [0.2, 0.25) is 0 Å². The molecule has 0 aliphatic rings. The van der Waals surface area contributed by atoms with Gasteiger partial charge < -0.3 is 14.2 Å². The average molecular weight is 789 g/mol. The van der Waals surface area contributed by atoms with Gasteiger partial charge >= 0.3 is 11.9 Å². The highest BCUT2D eigenvalue weighted by Crippen LogP contribution is 2.14. The fourth-order valence-electron chi connectivity index (χ4n) is 7.21. The van der Waals surface area contributed by atoms with E-state index in [4.69, 9.17) is 14.2 Å². The van der Waals surface area contributed by atoms with Gasteiger partial charge in [-0.15, -0.1) is 0 Å². The summed E-state index contributed by atoms with van der Waals surface area (Å²) in [6, 6.07) is 0. The molecule has 0 aromatic carbocycles. The van der Waals surface area contributed by atoms with Crippen molar-refractivity contribution in [1.29, 1.82) is 0 Å². The quantitative estimate of drug-likeness (QED) is 0.0349. The van der Waals surface area contributed by atoms with E-state index in [9.17, 15) is 9.59 Å². The highest BCUT2D eigenvalue weighted by Gasteiger charge is 2.17. The number of rotatable bonds is 46. The SMILES string of the molecule is CCCCCCCC/C=C\CCCCCCCCCCOCC(COC(=O)CCCCCCCCC/C=C\CCCCCCCC)OC(=O)CCCCCCC. The first kappa shape index (κ1) is 54.4. The summed E-state index contributed by atoms with van der Waals surface area (Å²) in [7, 11) is 0. The standard InChI is InChI=1S/C51H96O5/c1-4-7-10-13-15-17-19-21-23-25-27-29-31-33-35-37-40-43-46-54-47-49(56-51(53)45-42-38-12-9-6-3)48-55-50(52)44-41-39-36-34-32-30-28-26-24-22-20-18-16-14-11-8-5-2/h21-24,49H,4-20,25-48H2,1-3H3/b23-21-,24-22-. The third-order valence-corrected chi connectivity index (χ3v) is 11.0. The van der Waals surface area contributed by atoms with Gasteiger partial charge in [-0.25, -0.2) is 0 Å². The van der Waals surface area contributed by atoms with Crippen molar-refractivity contribution in [2.24, 2.45) is 0 Å². The fraction of sp³-hybridized carbons (Fsp3) is 0.882.